The summed E-state index contributed by atoms with van der Waals surface area (Å²) in [6.07, 6.45) is 3.30. The van der Waals surface area contributed by atoms with Gasteiger partial charge in [-0.1, -0.05) is 0 Å². The van der Waals surface area contributed by atoms with Crippen LogP contribution in [0.15, 0.2) is 17.2 Å². The van der Waals surface area contributed by atoms with Crippen molar-refractivity contribution in [3.05, 3.63) is 18.0 Å². The van der Waals surface area contributed by atoms with Gasteiger partial charge in [0.2, 0.25) is 10.0 Å². The van der Waals surface area contributed by atoms with Gasteiger partial charge in [0.25, 0.3) is 0 Å². The van der Waals surface area contributed by atoms with E-state index in [1.54, 1.807) is 13.0 Å². The number of nitrogens with zero attached hydrogens (tertiary/aromatic N) is 1. The van der Waals surface area contributed by atoms with Crippen molar-refractivity contribution in [1.82, 2.24) is 4.98 Å². The maximum atomic E-state index is 11.2. The predicted molar refractivity (Wildman–Crippen MR) is 54.0 cm³/mol. The molecule has 1 heterocycles. The van der Waals surface area contributed by atoms with E-state index in [1.807, 2.05) is 0 Å². The second-order valence-corrected chi connectivity index (χ2v) is 5.16. The highest BCUT2D eigenvalue weighted by molar-refractivity contribution is 7.89. The molecule has 1 aliphatic carbocycles. The molecule has 82 valence electrons. The van der Waals surface area contributed by atoms with Gasteiger partial charge in [-0.15, -0.1) is 0 Å². The van der Waals surface area contributed by atoms with Gasteiger partial charge >= 0.3 is 0 Å². The molecule has 1 aliphatic rings. The Morgan fingerprint density at radius 3 is 2.73 bits per heavy atom. The molecule has 1 fully saturated rings. The molecular formula is C9H12N2O3S. The highest BCUT2D eigenvalue weighted by Gasteiger charge is 2.26. The SMILES string of the molecule is Cc1cc(OC2CC2)c(S(N)(=O)=O)cn1. The van der Waals surface area contributed by atoms with Gasteiger partial charge in [-0.25, -0.2) is 13.6 Å². The maximum Gasteiger partial charge on any atom is 0.243 e. The Bertz CT molecular complexity index is 480. The van der Waals surface area contributed by atoms with Gasteiger partial charge in [0.1, 0.15) is 10.6 Å². The third-order valence-corrected chi connectivity index (χ3v) is 3.01. The summed E-state index contributed by atoms with van der Waals surface area (Å²) in [6.45, 7) is 1.77. The van der Waals surface area contributed by atoms with E-state index in [4.69, 9.17) is 9.88 Å². The van der Waals surface area contributed by atoms with Gasteiger partial charge in [-0.05, 0) is 19.8 Å². The summed E-state index contributed by atoms with van der Waals surface area (Å²) in [5, 5.41) is 5.06. The van der Waals surface area contributed by atoms with Crippen LogP contribution in [-0.2, 0) is 10.0 Å². The quantitative estimate of drug-likeness (QED) is 0.820. The average Bonchev–Trinajstić information content (AvgIpc) is 2.85. The van der Waals surface area contributed by atoms with Crippen molar-refractivity contribution in [1.29, 1.82) is 0 Å². The van der Waals surface area contributed by atoms with Gasteiger partial charge in [0.15, 0.2) is 0 Å². The van der Waals surface area contributed by atoms with Gasteiger partial charge in [-0.3, -0.25) is 4.98 Å². The molecule has 0 saturated heterocycles. The third kappa shape index (κ3) is 2.45. The average molecular weight is 228 g/mol. The van der Waals surface area contributed by atoms with Crippen molar-refractivity contribution in [2.75, 3.05) is 0 Å². The molecule has 15 heavy (non-hydrogen) atoms. The number of primary sulfonamides is 1. The predicted octanol–water partition coefficient (Wildman–Crippen LogP) is 0.579. The molecule has 0 amide bonds. The van der Waals surface area contributed by atoms with Crippen LogP contribution in [0.1, 0.15) is 18.5 Å². The first-order valence-corrected chi connectivity index (χ1v) is 6.17. The normalized spacial score (nSPS) is 16.4. The number of hydrogen-bond acceptors (Lipinski definition) is 4. The standard InChI is InChI=1S/C9H12N2O3S/c1-6-4-8(14-7-2-3-7)9(5-11-6)15(10,12)13/h4-5,7H,2-3H2,1H3,(H2,10,12,13). The molecule has 6 heteroatoms. The van der Waals surface area contributed by atoms with Crippen molar-refractivity contribution in [2.45, 2.75) is 30.8 Å². The van der Waals surface area contributed by atoms with Gasteiger partial charge in [0, 0.05) is 11.8 Å². The van der Waals surface area contributed by atoms with Crippen molar-refractivity contribution in [2.24, 2.45) is 5.14 Å². The number of hydrogen-bond donors (Lipinski definition) is 1. The minimum absolute atomic E-state index is 0.0417. The monoisotopic (exact) mass is 228 g/mol. The van der Waals surface area contributed by atoms with Crippen LogP contribution in [0.3, 0.4) is 0 Å². The molecule has 0 bridgehead atoms. The molecule has 0 spiro atoms. The number of aryl methyl sites for hydroxylation is 1. The van der Waals surface area contributed by atoms with Crippen molar-refractivity contribution < 1.29 is 13.2 Å². The molecule has 2 N–H and O–H groups in total. The lowest BCUT2D eigenvalue weighted by molar-refractivity contribution is 0.294. The van der Waals surface area contributed by atoms with Gasteiger partial charge in [0.05, 0.1) is 12.3 Å². The molecule has 1 saturated carbocycles. The number of ether oxygens (including phenoxy) is 1. The minimum atomic E-state index is -3.76. The first-order valence-electron chi connectivity index (χ1n) is 4.63. The molecule has 1 aromatic heterocycles. The zero-order valence-corrected chi connectivity index (χ0v) is 9.12. The highest BCUT2D eigenvalue weighted by atomic mass is 32.2. The second kappa shape index (κ2) is 3.46. The van der Waals surface area contributed by atoms with Crippen molar-refractivity contribution >= 4 is 10.0 Å². The van der Waals surface area contributed by atoms with Crippen LogP contribution in [0, 0.1) is 6.92 Å². The topological polar surface area (TPSA) is 82.3 Å². The van der Waals surface area contributed by atoms with Gasteiger partial charge in [-0.2, -0.15) is 0 Å². The number of aromatic nitrogens is 1. The Morgan fingerprint density at radius 2 is 2.20 bits per heavy atom. The Morgan fingerprint density at radius 1 is 1.53 bits per heavy atom. The van der Waals surface area contributed by atoms with E-state index in [0.29, 0.717) is 11.4 Å². The fourth-order valence-corrected chi connectivity index (χ4v) is 1.78. The number of pyridine rings is 1. The molecule has 1 aromatic rings. The molecule has 0 aliphatic heterocycles. The van der Waals surface area contributed by atoms with Crippen LogP contribution < -0.4 is 9.88 Å². The molecule has 5 nitrogen and oxygen atoms in total. The van der Waals surface area contributed by atoms with Crippen LogP contribution in [0.2, 0.25) is 0 Å². The van der Waals surface area contributed by atoms with Crippen molar-refractivity contribution in [3.8, 4) is 5.75 Å². The summed E-state index contributed by atoms with van der Waals surface area (Å²) in [5.74, 6) is 0.313. The Balaban J connectivity index is 2.43. The summed E-state index contributed by atoms with van der Waals surface area (Å²) in [5.41, 5.74) is 0.707. The summed E-state index contributed by atoms with van der Waals surface area (Å²) in [6, 6.07) is 1.60. The zero-order valence-electron chi connectivity index (χ0n) is 8.30. The van der Waals surface area contributed by atoms with E-state index in [1.165, 1.54) is 6.20 Å². The molecule has 0 atom stereocenters. The van der Waals surface area contributed by atoms with Gasteiger partial charge < -0.3 is 4.74 Å². The molecule has 0 aromatic carbocycles. The lowest BCUT2D eigenvalue weighted by Gasteiger charge is -2.09. The van der Waals surface area contributed by atoms with E-state index >= 15 is 0 Å². The van der Waals surface area contributed by atoms with Crippen LogP contribution in [0.5, 0.6) is 5.75 Å². The fraction of sp³-hybridized carbons (Fsp3) is 0.444. The van der Waals surface area contributed by atoms with E-state index in [2.05, 4.69) is 4.98 Å². The van der Waals surface area contributed by atoms with Crippen LogP contribution >= 0.6 is 0 Å². The molecular weight excluding hydrogens is 216 g/mol. The van der Waals surface area contributed by atoms with Crippen LogP contribution in [0.4, 0.5) is 0 Å². The van der Waals surface area contributed by atoms with E-state index in [9.17, 15) is 8.42 Å². The summed E-state index contributed by atoms with van der Waals surface area (Å²) in [4.78, 5) is 3.85. The molecule has 0 unspecified atom stereocenters. The van der Waals surface area contributed by atoms with Crippen LogP contribution in [0.25, 0.3) is 0 Å². The Kier molecular flexibility index (Phi) is 2.40. The number of sulfonamides is 1. The molecule has 2 rings (SSSR count). The summed E-state index contributed by atoms with van der Waals surface area (Å²) in [7, 11) is -3.76. The fourth-order valence-electron chi connectivity index (χ4n) is 1.19. The smallest absolute Gasteiger partial charge is 0.243 e. The molecule has 0 radical (unpaired) electrons. The van der Waals surface area contributed by atoms with Crippen molar-refractivity contribution in [3.63, 3.8) is 0 Å². The Hall–Kier alpha value is -1.14. The number of rotatable bonds is 3. The first-order chi connectivity index (χ1) is 6.97. The zero-order chi connectivity index (χ0) is 11.1. The summed E-state index contributed by atoms with van der Waals surface area (Å²) >= 11 is 0. The van der Waals surface area contributed by atoms with Crippen LogP contribution in [-0.4, -0.2) is 19.5 Å². The first kappa shape index (κ1) is 10.4. The maximum absolute atomic E-state index is 11.2. The largest absolute Gasteiger partial charge is 0.489 e. The highest BCUT2D eigenvalue weighted by Crippen LogP contribution is 2.30. The van der Waals surface area contributed by atoms with E-state index in [-0.39, 0.29) is 11.0 Å². The summed E-state index contributed by atoms with van der Waals surface area (Å²) < 4.78 is 27.9. The lowest BCUT2D eigenvalue weighted by Crippen LogP contribution is -2.15. The minimum Gasteiger partial charge on any atom is -0.489 e. The Labute approximate surface area is 88.3 Å². The lowest BCUT2D eigenvalue weighted by atomic mass is 10.3. The van der Waals surface area contributed by atoms with E-state index in [0.717, 1.165) is 12.8 Å². The number of nitrogens with two attached hydrogens (primary N) is 1. The second-order valence-electron chi connectivity index (χ2n) is 3.63. The van der Waals surface area contributed by atoms with E-state index < -0.39 is 10.0 Å². The third-order valence-electron chi connectivity index (χ3n) is 2.09.